The van der Waals surface area contributed by atoms with Crippen molar-refractivity contribution in [3.8, 4) is 0 Å². The first-order valence-corrected chi connectivity index (χ1v) is 7.37. The molecule has 1 aliphatic heterocycles. The number of nitrogens with zero attached hydrogens (tertiary/aromatic N) is 3. The fourth-order valence-corrected chi connectivity index (χ4v) is 2.94. The lowest BCUT2D eigenvalue weighted by Gasteiger charge is -2.16. The van der Waals surface area contributed by atoms with Gasteiger partial charge in [-0.1, -0.05) is 13.8 Å². The molecule has 0 saturated carbocycles. The van der Waals surface area contributed by atoms with Crippen LogP contribution in [0.15, 0.2) is 22.9 Å². The van der Waals surface area contributed by atoms with Crippen molar-refractivity contribution in [3.63, 3.8) is 0 Å². The minimum atomic E-state index is -0.0956. The normalized spacial score (nSPS) is 21.7. The zero-order valence-corrected chi connectivity index (χ0v) is 12.9. The summed E-state index contributed by atoms with van der Waals surface area (Å²) >= 11 is 0. The van der Waals surface area contributed by atoms with E-state index in [2.05, 4.69) is 15.4 Å². The Hall–Kier alpha value is -2.15. The van der Waals surface area contributed by atoms with E-state index in [0.717, 1.165) is 11.3 Å². The molecule has 1 aliphatic rings. The summed E-state index contributed by atoms with van der Waals surface area (Å²) in [6.07, 6.45) is 3.16. The first-order chi connectivity index (χ1) is 10.6. The summed E-state index contributed by atoms with van der Waals surface area (Å²) < 4.78 is 10.9. The van der Waals surface area contributed by atoms with E-state index >= 15 is 0 Å². The minimum absolute atomic E-state index is 0.0187. The predicted molar refractivity (Wildman–Crippen MR) is 78.6 cm³/mol. The van der Waals surface area contributed by atoms with Crippen molar-refractivity contribution in [2.24, 2.45) is 0 Å². The highest BCUT2D eigenvalue weighted by Gasteiger charge is 2.39. The van der Waals surface area contributed by atoms with Crippen LogP contribution in [-0.4, -0.2) is 52.5 Å². The van der Waals surface area contributed by atoms with Crippen LogP contribution in [0, 0.1) is 0 Å². The van der Waals surface area contributed by atoms with Crippen molar-refractivity contribution in [2.75, 3.05) is 20.2 Å². The molecule has 2 atom stereocenters. The predicted octanol–water partition coefficient (Wildman–Crippen LogP) is 1.78. The maximum absolute atomic E-state index is 12.7. The van der Waals surface area contributed by atoms with Crippen molar-refractivity contribution < 1.29 is 13.9 Å². The monoisotopic (exact) mass is 304 g/mol. The Morgan fingerprint density at radius 3 is 2.95 bits per heavy atom. The first-order valence-electron chi connectivity index (χ1n) is 7.37. The van der Waals surface area contributed by atoms with Crippen LogP contribution in [0.4, 0.5) is 0 Å². The average molecular weight is 304 g/mol. The first kappa shape index (κ1) is 14.8. The Kier molecular flexibility index (Phi) is 3.98. The number of likely N-dealkylation sites (tertiary alicyclic amines) is 1. The Morgan fingerprint density at radius 2 is 2.32 bits per heavy atom. The number of nitrogens with one attached hydrogen (secondary N) is 1. The Bertz CT molecular complexity index is 635. The number of hydrogen-bond donors (Lipinski definition) is 1. The molecule has 7 heteroatoms. The van der Waals surface area contributed by atoms with E-state index < -0.39 is 0 Å². The number of H-pyrrole nitrogens is 1. The minimum Gasteiger partial charge on any atom is -0.459 e. The molecule has 0 aromatic carbocycles. The van der Waals surface area contributed by atoms with Gasteiger partial charge in [-0.25, -0.2) is 0 Å². The standard InChI is InChI=1S/C15H20N4O3/c1-9(2)10-4-5-22-14(10)15(20)19-7-11(13(8-19)21-3)12-6-16-18-17-12/h4-6,9,11,13H,7-8H2,1-3H3,(H,16,17,18)/t11-,13+/m0/s1. The zero-order valence-electron chi connectivity index (χ0n) is 12.9. The molecule has 1 amide bonds. The molecule has 1 saturated heterocycles. The van der Waals surface area contributed by atoms with Crippen molar-refractivity contribution in [1.29, 1.82) is 0 Å². The second-order valence-corrected chi connectivity index (χ2v) is 5.85. The second-order valence-electron chi connectivity index (χ2n) is 5.85. The van der Waals surface area contributed by atoms with Crippen LogP contribution in [0.5, 0.6) is 0 Å². The summed E-state index contributed by atoms with van der Waals surface area (Å²) in [7, 11) is 1.65. The number of ether oxygens (including phenoxy) is 1. The van der Waals surface area contributed by atoms with Crippen LogP contribution in [0.3, 0.4) is 0 Å². The summed E-state index contributed by atoms with van der Waals surface area (Å²) in [5, 5.41) is 10.6. The number of furan rings is 1. The van der Waals surface area contributed by atoms with Gasteiger partial charge >= 0.3 is 0 Å². The summed E-state index contributed by atoms with van der Waals surface area (Å²) in [6.45, 7) is 5.15. The molecule has 0 unspecified atom stereocenters. The molecule has 7 nitrogen and oxygen atoms in total. The molecule has 2 aromatic rings. The molecule has 1 N–H and O–H groups in total. The molecule has 0 radical (unpaired) electrons. The third kappa shape index (κ3) is 2.52. The molecule has 3 heterocycles. The van der Waals surface area contributed by atoms with Crippen molar-refractivity contribution in [1.82, 2.24) is 20.3 Å². The maximum atomic E-state index is 12.7. The van der Waals surface area contributed by atoms with Crippen LogP contribution in [0.25, 0.3) is 0 Å². The fraction of sp³-hybridized carbons (Fsp3) is 0.533. The van der Waals surface area contributed by atoms with Crippen molar-refractivity contribution in [3.05, 3.63) is 35.5 Å². The zero-order chi connectivity index (χ0) is 15.7. The number of carbonyl (C=O) groups is 1. The molecular formula is C15H20N4O3. The van der Waals surface area contributed by atoms with E-state index in [0.29, 0.717) is 18.8 Å². The summed E-state index contributed by atoms with van der Waals surface area (Å²) in [5.74, 6) is 0.586. The van der Waals surface area contributed by atoms with Gasteiger partial charge in [0.25, 0.3) is 5.91 Å². The van der Waals surface area contributed by atoms with Gasteiger partial charge in [0.15, 0.2) is 5.76 Å². The van der Waals surface area contributed by atoms with Gasteiger partial charge in [0.05, 0.1) is 30.2 Å². The summed E-state index contributed by atoms with van der Waals surface area (Å²) in [5.41, 5.74) is 1.74. The Morgan fingerprint density at radius 1 is 1.50 bits per heavy atom. The van der Waals surface area contributed by atoms with Crippen molar-refractivity contribution in [2.45, 2.75) is 31.8 Å². The number of methoxy groups -OCH3 is 1. The average Bonchev–Trinajstić information content (AvgIpc) is 3.23. The number of rotatable bonds is 4. The molecule has 0 bridgehead atoms. The second kappa shape index (κ2) is 5.92. The van der Waals surface area contributed by atoms with E-state index in [9.17, 15) is 4.79 Å². The highest BCUT2D eigenvalue weighted by molar-refractivity contribution is 5.93. The van der Waals surface area contributed by atoms with Crippen LogP contribution in [0.1, 0.15) is 47.5 Å². The summed E-state index contributed by atoms with van der Waals surface area (Å²) in [4.78, 5) is 14.5. The van der Waals surface area contributed by atoms with Crippen LogP contribution in [-0.2, 0) is 4.74 Å². The number of aromatic nitrogens is 3. The third-order valence-electron chi connectivity index (χ3n) is 4.18. The van der Waals surface area contributed by atoms with Gasteiger partial charge < -0.3 is 14.1 Å². The molecular weight excluding hydrogens is 284 g/mol. The van der Waals surface area contributed by atoms with Gasteiger partial charge in [-0.05, 0) is 12.0 Å². The highest BCUT2D eigenvalue weighted by atomic mass is 16.5. The van der Waals surface area contributed by atoms with Gasteiger partial charge in [-0.3, -0.25) is 4.79 Å². The van der Waals surface area contributed by atoms with E-state index in [-0.39, 0.29) is 23.8 Å². The van der Waals surface area contributed by atoms with Crippen molar-refractivity contribution >= 4 is 5.91 Å². The highest BCUT2D eigenvalue weighted by Crippen LogP contribution is 2.30. The van der Waals surface area contributed by atoms with Gasteiger partial charge in [0.1, 0.15) is 0 Å². The molecule has 0 aliphatic carbocycles. The fourth-order valence-electron chi connectivity index (χ4n) is 2.94. The Labute approximate surface area is 128 Å². The maximum Gasteiger partial charge on any atom is 0.289 e. The topological polar surface area (TPSA) is 84.2 Å². The quantitative estimate of drug-likeness (QED) is 0.930. The lowest BCUT2D eigenvalue weighted by molar-refractivity contribution is 0.0686. The van der Waals surface area contributed by atoms with Crippen LogP contribution in [0.2, 0.25) is 0 Å². The van der Waals surface area contributed by atoms with E-state index in [4.69, 9.17) is 9.15 Å². The number of aromatic amines is 1. The van der Waals surface area contributed by atoms with E-state index in [1.165, 1.54) is 0 Å². The molecule has 2 aromatic heterocycles. The number of hydrogen-bond acceptors (Lipinski definition) is 5. The molecule has 1 fully saturated rings. The lowest BCUT2D eigenvalue weighted by Crippen LogP contribution is -2.30. The molecule has 118 valence electrons. The lowest BCUT2D eigenvalue weighted by atomic mass is 10.0. The smallest absolute Gasteiger partial charge is 0.289 e. The van der Waals surface area contributed by atoms with Gasteiger partial charge in [0, 0.05) is 25.8 Å². The van der Waals surface area contributed by atoms with E-state index in [1.54, 1.807) is 24.5 Å². The molecule has 22 heavy (non-hydrogen) atoms. The number of amides is 1. The van der Waals surface area contributed by atoms with Crippen LogP contribution < -0.4 is 0 Å². The van der Waals surface area contributed by atoms with Crippen LogP contribution >= 0.6 is 0 Å². The Balaban J connectivity index is 1.81. The van der Waals surface area contributed by atoms with Gasteiger partial charge in [-0.2, -0.15) is 15.4 Å². The van der Waals surface area contributed by atoms with Gasteiger partial charge in [0.2, 0.25) is 0 Å². The molecule has 0 spiro atoms. The largest absolute Gasteiger partial charge is 0.459 e. The molecule has 3 rings (SSSR count). The number of carbonyl (C=O) groups excluding carboxylic acids is 1. The third-order valence-corrected chi connectivity index (χ3v) is 4.18. The van der Waals surface area contributed by atoms with E-state index in [1.807, 2.05) is 19.9 Å². The summed E-state index contributed by atoms with van der Waals surface area (Å²) in [6, 6.07) is 1.86. The van der Waals surface area contributed by atoms with Gasteiger partial charge in [-0.15, -0.1) is 0 Å². The SMILES string of the molecule is CO[C@@H]1CN(C(=O)c2occc2C(C)C)C[C@H]1c1cn[nH]n1.